The summed E-state index contributed by atoms with van der Waals surface area (Å²) in [7, 11) is 4.40. The quantitative estimate of drug-likeness (QED) is 0.131. The molecule has 0 spiro atoms. The molecule has 0 aliphatic heterocycles. The highest BCUT2D eigenvalue weighted by molar-refractivity contribution is 6.16. The highest BCUT2D eigenvalue weighted by atomic mass is 16.3. The van der Waals surface area contributed by atoms with Gasteiger partial charge in [-0.1, -0.05) is 78.9 Å². The van der Waals surface area contributed by atoms with Gasteiger partial charge in [-0.3, -0.25) is 0 Å². The fourth-order valence-electron chi connectivity index (χ4n) is 8.74. The van der Waals surface area contributed by atoms with Gasteiger partial charge in [0.05, 0.1) is 17.3 Å². The highest BCUT2D eigenvalue weighted by Crippen LogP contribution is 2.44. The zero-order valence-electron chi connectivity index (χ0n) is 29.6. The first-order valence-corrected chi connectivity index (χ1v) is 17.4. The van der Waals surface area contributed by atoms with Crippen LogP contribution in [0.1, 0.15) is 60.1 Å². The van der Waals surface area contributed by atoms with Gasteiger partial charge in [-0.05, 0) is 91.1 Å². The molecular formula is C46H44N2O+2. The number of hydrogen-bond donors (Lipinski definition) is 0. The second-order valence-electron chi connectivity index (χ2n) is 14.7. The Bertz CT molecular complexity index is 2570. The minimum Gasteiger partial charge on any atom is -0.456 e. The third kappa shape index (κ3) is 4.86. The summed E-state index contributed by atoms with van der Waals surface area (Å²) in [5, 5.41) is 7.30. The molecule has 0 radical (unpaired) electrons. The van der Waals surface area contributed by atoms with E-state index in [9.17, 15) is 0 Å². The van der Waals surface area contributed by atoms with E-state index in [1.807, 2.05) is 0 Å². The van der Waals surface area contributed by atoms with Gasteiger partial charge >= 0.3 is 0 Å². The molecule has 0 fully saturated rings. The molecule has 0 saturated carbocycles. The Labute approximate surface area is 289 Å². The topological polar surface area (TPSA) is 20.9 Å². The minimum atomic E-state index is -0.414. The van der Waals surface area contributed by atoms with Gasteiger partial charge in [0.1, 0.15) is 25.3 Å². The van der Waals surface area contributed by atoms with Crippen molar-refractivity contribution in [3.63, 3.8) is 0 Å². The van der Waals surface area contributed by atoms with Crippen molar-refractivity contribution in [2.24, 2.45) is 14.1 Å². The summed E-state index contributed by atoms with van der Waals surface area (Å²) in [5.74, 6) is 0. The molecule has 3 heteroatoms. The van der Waals surface area contributed by atoms with Crippen LogP contribution >= 0.6 is 0 Å². The number of pyridine rings is 2. The van der Waals surface area contributed by atoms with E-state index in [0.29, 0.717) is 0 Å². The maximum absolute atomic E-state index is 6.99. The lowest BCUT2D eigenvalue weighted by Crippen LogP contribution is -2.49. The lowest BCUT2D eigenvalue weighted by molar-refractivity contribution is -0.692. The number of benzene rings is 5. The molecule has 49 heavy (non-hydrogen) atoms. The van der Waals surface area contributed by atoms with E-state index in [0.717, 1.165) is 28.4 Å². The maximum Gasteiger partial charge on any atom is 0.192 e. The number of hydrogen-bond acceptors (Lipinski definition) is 1. The van der Waals surface area contributed by atoms with Gasteiger partial charge in [0, 0.05) is 40.6 Å². The average molecular weight is 641 g/mol. The Morgan fingerprint density at radius 2 is 1.33 bits per heavy atom. The smallest absolute Gasteiger partial charge is 0.192 e. The largest absolute Gasteiger partial charge is 0.456 e. The van der Waals surface area contributed by atoms with Gasteiger partial charge < -0.3 is 4.42 Å². The second-order valence-corrected chi connectivity index (χ2v) is 14.7. The van der Waals surface area contributed by atoms with Gasteiger partial charge in [0.15, 0.2) is 23.3 Å². The Morgan fingerprint density at radius 1 is 0.592 bits per heavy atom. The third-order valence-electron chi connectivity index (χ3n) is 11.2. The third-order valence-corrected chi connectivity index (χ3v) is 11.2. The van der Waals surface area contributed by atoms with Crippen LogP contribution in [0.25, 0.3) is 43.5 Å². The number of aryl methyl sites for hydroxylation is 3. The number of fused-ring (bicyclic) bond motifs is 6. The van der Waals surface area contributed by atoms with E-state index in [4.69, 9.17) is 4.42 Å². The Balaban J connectivity index is 1.36. The summed E-state index contributed by atoms with van der Waals surface area (Å²) in [4.78, 5) is 0. The number of nitrogens with zero attached hydrogens (tertiary/aromatic N) is 2. The van der Waals surface area contributed by atoms with Crippen molar-refractivity contribution in [3.05, 3.63) is 167 Å². The van der Waals surface area contributed by atoms with E-state index < -0.39 is 5.41 Å². The molecule has 0 N–H and O–H groups in total. The average Bonchev–Trinajstić information content (AvgIpc) is 3.45. The van der Waals surface area contributed by atoms with Crippen LogP contribution in [0.3, 0.4) is 0 Å². The van der Waals surface area contributed by atoms with E-state index >= 15 is 0 Å². The molecule has 3 heterocycles. The molecule has 0 bridgehead atoms. The standard InChI is InChI=1S/C46H44N2O/c1-30-15-8-11-19-39(30)45(3,4)41-21-14-17-34(48(41)7)29-46(5,42-20-12-13-26-47(42)6)43-31(2)22-25-36-38-28-37-33(27-40(38)49-44(36)43)24-23-32-16-9-10-18-35(32)37/h8-28H,29H2,1-7H3/q+2. The first kappa shape index (κ1) is 31.0. The van der Waals surface area contributed by atoms with Gasteiger partial charge in [0.25, 0.3) is 0 Å². The first-order valence-electron chi connectivity index (χ1n) is 17.4. The van der Waals surface area contributed by atoms with Crippen LogP contribution in [-0.4, -0.2) is 0 Å². The first-order chi connectivity index (χ1) is 23.6. The fourth-order valence-corrected chi connectivity index (χ4v) is 8.74. The summed E-state index contributed by atoms with van der Waals surface area (Å²) in [6, 6.07) is 44.4. The molecule has 0 aliphatic carbocycles. The van der Waals surface area contributed by atoms with Crippen LogP contribution in [0, 0.1) is 13.8 Å². The number of aromatic nitrogens is 2. The Hall–Kier alpha value is -5.28. The minimum absolute atomic E-state index is 0.176. The van der Waals surface area contributed by atoms with Crippen molar-refractivity contribution in [1.82, 2.24) is 0 Å². The van der Waals surface area contributed by atoms with Crippen LogP contribution < -0.4 is 9.13 Å². The Morgan fingerprint density at radius 3 is 2.14 bits per heavy atom. The molecular weight excluding hydrogens is 597 g/mol. The lowest BCUT2D eigenvalue weighted by Gasteiger charge is -2.30. The van der Waals surface area contributed by atoms with Gasteiger partial charge in [-0.2, -0.15) is 0 Å². The molecule has 0 aliphatic rings. The monoisotopic (exact) mass is 640 g/mol. The van der Waals surface area contributed by atoms with Crippen molar-refractivity contribution in [1.29, 1.82) is 0 Å². The van der Waals surface area contributed by atoms with E-state index in [2.05, 4.69) is 185 Å². The van der Waals surface area contributed by atoms with Gasteiger partial charge in [-0.25, -0.2) is 9.13 Å². The van der Waals surface area contributed by atoms with E-state index in [-0.39, 0.29) is 5.41 Å². The SMILES string of the molecule is Cc1ccccc1C(C)(C)c1cccc(CC(C)(c2c(C)ccc3c2oc2cc4ccc5ccccc5c4cc23)c2cccc[n+]2C)[n+]1C. The fraction of sp³-hybridized carbons (Fsp3) is 0.217. The predicted molar refractivity (Wildman–Crippen MR) is 202 cm³/mol. The lowest BCUT2D eigenvalue weighted by atomic mass is 9.72. The van der Waals surface area contributed by atoms with Crippen molar-refractivity contribution in [2.75, 3.05) is 0 Å². The molecule has 0 amide bonds. The van der Waals surface area contributed by atoms with Crippen LogP contribution in [0.15, 0.2) is 132 Å². The van der Waals surface area contributed by atoms with E-state index in [1.54, 1.807) is 0 Å². The van der Waals surface area contributed by atoms with Crippen LogP contribution in [0.5, 0.6) is 0 Å². The summed E-state index contributed by atoms with van der Waals surface area (Å²) in [6.07, 6.45) is 2.96. The maximum atomic E-state index is 6.99. The van der Waals surface area contributed by atoms with E-state index in [1.165, 1.54) is 60.9 Å². The second kappa shape index (κ2) is 11.4. The van der Waals surface area contributed by atoms with Crippen LogP contribution in [-0.2, 0) is 31.3 Å². The van der Waals surface area contributed by atoms with Crippen molar-refractivity contribution < 1.29 is 13.6 Å². The molecule has 8 rings (SSSR count). The summed E-state index contributed by atoms with van der Waals surface area (Å²) >= 11 is 0. The van der Waals surface area contributed by atoms with Gasteiger partial charge in [-0.15, -0.1) is 0 Å². The molecule has 3 nitrogen and oxygen atoms in total. The summed E-state index contributed by atoms with van der Waals surface area (Å²) in [6.45, 7) is 11.6. The molecule has 1 atom stereocenters. The molecule has 3 aromatic heterocycles. The molecule has 5 aromatic carbocycles. The van der Waals surface area contributed by atoms with Gasteiger partial charge in [0.2, 0.25) is 0 Å². The molecule has 242 valence electrons. The Kier molecular flexibility index (Phi) is 7.22. The van der Waals surface area contributed by atoms with Crippen molar-refractivity contribution in [3.8, 4) is 0 Å². The summed E-state index contributed by atoms with van der Waals surface area (Å²) in [5.41, 5.74) is 10.2. The molecule has 1 unspecified atom stereocenters. The van der Waals surface area contributed by atoms with Crippen LogP contribution in [0.2, 0.25) is 0 Å². The predicted octanol–water partition coefficient (Wildman–Crippen LogP) is 10.0. The van der Waals surface area contributed by atoms with Crippen molar-refractivity contribution in [2.45, 2.75) is 51.9 Å². The normalized spacial score (nSPS) is 13.4. The highest BCUT2D eigenvalue weighted by Gasteiger charge is 2.43. The zero-order chi connectivity index (χ0) is 34.1. The van der Waals surface area contributed by atoms with Crippen molar-refractivity contribution >= 4 is 43.5 Å². The number of rotatable bonds is 6. The summed E-state index contributed by atoms with van der Waals surface area (Å²) < 4.78 is 11.7. The molecule has 0 saturated heterocycles. The molecule has 8 aromatic rings. The zero-order valence-corrected chi connectivity index (χ0v) is 29.6. The van der Waals surface area contributed by atoms with Crippen LogP contribution in [0.4, 0.5) is 0 Å². The number of furan rings is 1.